The number of nitrogens with zero attached hydrogens (tertiary/aromatic N) is 1. The summed E-state index contributed by atoms with van der Waals surface area (Å²) in [6, 6.07) is 8.24. The molecule has 2 N–H and O–H groups in total. The predicted molar refractivity (Wildman–Crippen MR) is 75.6 cm³/mol. The van der Waals surface area contributed by atoms with Crippen LogP contribution in [-0.2, 0) is 11.2 Å². The summed E-state index contributed by atoms with van der Waals surface area (Å²) in [5.74, 6) is 0.766. The highest BCUT2D eigenvalue weighted by Gasteiger charge is 2.18. The fraction of sp³-hybridized carbons (Fsp3) is 0.600. The highest BCUT2D eigenvalue weighted by atomic mass is 16.5. The normalized spacial score (nSPS) is 18.1. The van der Waals surface area contributed by atoms with E-state index >= 15 is 0 Å². The molecule has 1 aromatic carbocycles. The summed E-state index contributed by atoms with van der Waals surface area (Å²) in [6.45, 7) is 4.50. The van der Waals surface area contributed by atoms with Crippen LogP contribution in [0.25, 0.3) is 0 Å². The second-order valence-corrected chi connectivity index (χ2v) is 5.23. The smallest absolute Gasteiger partial charge is 0.0491 e. The van der Waals surface area contributed by atoms with Crippen molar-refractivity contribution in [3.8, 4) is 0 Å². The highest BCUT2D eigenvalue weighted by Crippen LogP contribution is 2.17. The summed E-state index contributed by atoms with van der Waals surface area (Å²) in [5.41, 5.74) is 7.91. The largest absolute Gasteiger partial charge is 0.399 e. The molecule has 0 spiro atoms. The van der Waals surface area contributed by atoms with Gasteiger partial charge in [0.15, 0.2) is 0 Å². The SMILES string of the molecule is COCC1CCN(CCc2ccc(N)cc2)CC1. The van der Waals surface area contributed by atoms with Crippen molar-refractivity contribution in [3.05, 3.63) is 29.8 Å². The third-order valence-corrected chi connectivity index (χ3v) is 3.81. The Bertz CT molecular complexity index is 342. The lowest BCUT2D eigenvalue weighted by Crippen LogP contribution is -2.36. The molecule has 0 aliphatic carbocycles. The van der Waals surface area contributed by atoms with E-state index < -0.39 is 0 Å². The number of hydrogen-bond acceptors (Lipinski definition) is 3. The van der Waals surface area contributed by atoms with Gasteiger partial charge in [-0.25, -0.2) is 0 Å². The van der Waals surface area contributed by atoms with Crippen LogP contribution in [0.4, 0.5) is 5.69 Å². The van der Waals surface area contributed by atoms with Crippen LogP contribution in [0.3, 0.4) is 0 Å². The van der Waals surface area contributed by atoms with E-state index in [1.54, 1.807) is 7.11 Å². The van der Waals surface area contributed by atoms with Crippen LogP contribution in [0.1, 0.15) is 18.4 Å². The maximum absolute atomic E-state index is 5.69. The lowest BCUT2D eigenvalue weighted by atomic mass is 9.97. The molecule has 1 aliphatic rings. The molecule has 1 fully saturated rings. The number of nitrogen functional groups attached to an aromatic ring is 1. The molecule has 3 heteroatoms. The topological polar surface area (TPSA) is 38.5 Å². The van der Waals surface area contributed by atoms with Gasteiger partial charge in [0.25, 0.3) is 0 Å². The molecule has 2 rings (SSSR count). The van der Waals surface area contributed by atoms with Gasteiger partial charge in [0.2, 0.25) is 0 Å². The Morgan fingerprint density at radius 3 is 2.50 bits per heavy atom. The van der Waals surface area contributed by atoms with Gasteiger partial charge >= 0.3 is 0 Å². The molecule has 0 unspecified atom stereocenters. The zero-order valence-electron chi connectivity index (χ0n) is 11.3. The predicted octanol–water partition coefficient (Wildman–Crippen LogP) is 2.17. The summed E-state index contributed by atoms with van der Waals surface area (Å²) < 4.78 is 5.23. The van der Waals surface area contributed by atoms with Gasteiger partial charge in [0.1, 0.15) is 0 Å². The molecular formula is C15H24N2O. The first-order valence-electron chi connectivity index (χ1n) is 6.83. The number of benzene rings is 1. The molecule has 1 heterocycles. The fourth-order valence-corrected chi connectivity index (χ4v) is 2.58. The molecule has 1 aromatic rings. The lowest BCUT2D eigenvalue weighted by Gasteiger charge is -2.31. The molecule has 1 saturated heterocycles. The van der Waals surface area contributed by atoms with Crippen LogP contribution in [-0.4, -0.2) is 38.3 Å². The Labute approximate surface area is 110 Å². The van der Waals surface area contributed by atoms with Crippen LogP contribution < -0.4 is 5.73 Å². The van der Waals surface area contributed by atoms with Crippen molar-refractivity contribution in [2.75, 3.05) is 39.1 Å². The van der Waals surface area contributed by atoms with E-state index in [2.05, 4.69) is 17.0 Å². The second kappa shape index (κ2) is 6.76. The van der Waals surface area contributed by atoms with E-state index in [-0.39, 0.29) is 0 Å². The van der Waals surface area contributed by atoms with Gasteiger partial charge in [-0.1, -0.05) is 12.1 Å². The van der Waals surface area contributed by atoms with Gasteiger partial charge in [-0.2, -0.15) is 0 Å². The molecule has 0 bridgehead atoms. The Balaban J connectivity index is 1.70. The van der Waals surface area contributed by atoms with Crippen LogP contribution in [0.2, 0.25) is 0 Å². The van der Waals surface area contributed by atoms with Crippen LogP contribution in [0.15, 0.2) is 24.3 Å². The average molecular weight is 248 g/mol. The molecule has 0 radical (unpaired) electrons. The van der Waals surface area contributed by atoms with Crippen LogP contribution in [0.5, 0.6) is 0 Å². The number of piperidine rings is 1. The number of anilines is 1. The van der Waals surface area contributed by atoms with Gasteiger partial charge in [0.05, 0.1) is 0 Å². The quantitative estimate of drug-likeness (QED) is 0.812. The van der Waals surface area contributed by atoms with E-state index in [4.69, 9.17) is 10.5 Å². The molecule has 0 amide bonds. The molecular weight excluding hydrogens is 224 g/mol. The monoisotopic (exact) mass is 248 g/mol. The Hall–Kier alpha value is -1.06. The van der Waals surface area contributed by atoms with Crippen LogP contribution in [0, 0.1) is 5.92 Å². The van der Waals surface area contributed by atoms with Crippen molar-refractivity contribution in [2.45, 2.75) is 19.3 Å². The first-order valence-corrected chi connectivity index (χ1v) is 6.83. The zero-order valence-corrected chi connectivity index (χ0v) is 11.3. The maximum atomic E-state index is 5.69. The van der Waals surface area contributed by atoms with Gasteiger partial charge in [-0.3, -0.25) is 0 Å². The Morgan fingerprint density at radius 2 is 1.89 bits per heavy atom. The summed E-state index contributed by atoms with van der Waals surface area (Å²) in [4.78, 5) is 2.56. The minimum absolute atomic E-state index is 0.766. The van der Waals surface area contributed by atoms with Gasteiger partial charge in [-0.05, 0) is 56.0 Å². The van der Waals surface area contributed by atoms with Crippen molar-refractivity contribution in [1.82, 2.24) is 4.90 Å². The summed E-state index contributed by atoms with van der Waals surface area (Å²) in [7, 11) is 1.80. The highest BCUT2D eigenvalue weighted by molar-refractivity contribution is 5.39. The minimum Gasteiger partial charge on any atom is -0.399 e. The average Bonchev–Trinajstić information content (AvgIpc) is 2.40. The van der Waals surface area contributed by atoms with E-state index in [1.165, 1.54) is 31.5 Å². The number of methoxy groups -OCH3 is 1. The van der Waals surface area contributed by atoms with Crippen molar-refractivity contribution < 1.29 is 4.74 Å². The molecule has 0 atom stereocenters. The standard InChI is InChI=1S/C15H24N2O/c1-18-12-14-7-10-17(11-8-14)9-6-13-2-4-15(16)5-3-13/h2-5,14H,6-12,16H2,1H3. The Kier molecular flexibility index (Phi) is 5.02. The second-order valence-electron chi connectivity index (χ2n) is 5.23. The summed E-state index contributed by atoms with van der Waals surface area (Å²) >= 11 is 0. The molecule has 0 aromatic heterocycles. The van der Waals surface area contributed by atoms with Crippen molar-refractivity contribution in [1.29, 1.82) is 0 Å². The maximum Gasteiger partial charge on any atom is 0.0491 e. The van der Waals surface area contributed by atoms with E-state index in [9.17, 15) is 0 Å². The third-order valence-electron chi connectivity index (χ3n) is 3.81. The summed E-state index contributed by atoms with van der Waals surface area (Å²) in [5, 5.41) is 0. The van der Waals surface area contributed by atoms with E-state index in [0.717, 1.165) is 31.2 Å². The Morgan fingerprint density at radius 1 is 1.22 bits per heavy atom. The molecule has 18 heavy (non-hydrogen) atoms. The fourth-order valence-electron chi connectivity index (χ4n) is 2.58. The molecule has 100 valence electrons. The van der Waals surface area contributed by atoms with Gasteiger partial charge in [-0.15, -0.1) is 0 Å². The number of rotatable bonds is 5. The molecule has 3 nitrogen and oxygen atoms in total. The minimum atomic E-state index is 0.766. The number of nitrogens with two attached hydrogens (primary N) is 1. The van der Waals surface area contributed by atoms with E-state index in [1.807, 2.05) is 12.1 Å². The molecule has 1 aliphatic heterocycles. The van der Waals surface area contributed by atoms with Crippen LogP contribution >= 0.6 is 0 Å². The number of likely N-dealkylation sites (tertiary alicyclic amines) is 1. The summed E-state index contributed by atoms with van der Waals surface area (Å²) in [6.07, 6.45) is 3.67. The number of hydrogen-bond donors (Lipinski definition) is 1. The van der Waals surface area contributed by atoms with Crippen molar-refractivity contribution in [3.63, 3.8) is 0 Å². The zero-order chi connectivity index (χ0) is 12.8. The van der Waals surface area contributed by atoms with Gasteiger partial charge in [0, 0.05) is 25.9 Å². The number of ether oxygens (including phenoxy) is 1. The first kappa shape index (κ1) is 13.4. The van der Waals surface area contributed by atoms with Gasteiger partial charge < -0.3 is 15.4 Å². The lowest BCUT2D eigenvalue weighted by molar-refractivity contribution is 0.100. The molecule has 0 saturated carbocycles. The van der Waals surface area contributed by atoms with E-state index in [0.29, 0.717) is 0 Å². The van der Waals surface area contributed by atoms with Crippen molar-refractivity contribution >= 4 is 5.69 Å². The van der Waals surface area contributed by atoms with Crippen molar-refractivity contribution in [2.24, 2.45) is 5.92 Å². The first-order chi connectivity index (χ1) is 8.78. The third kappa shape index (κ3) is 4.00.